The van der Waals surface area contributed by atoms with Gasteiger partial charge >= 0.3 is 0 Å². The number of hydrogen-bond donors (Lipinski definition) is 0. The average molecular weight is 618 g/mol. The highest BCUT2D eigenvalue weighted by Crippen LogP contribution is 2.38. The van der Waals surface area contributed by atoms with Crippen LogP contribution in [0.25, 0.3) is 6.08 Å². The van der Waals surface area contributed by atoms with Crippen LogP contribution >= 0.6 is 55.8 Å². The van der Waals surface area contributed by atoms with Crippen LogP contribution in [0.1, 0.15) is 22.3 Å². The van der Waals surface area contributed by atoms with Gasteiger partial charge in [0, 0.05) is 5.56 Å². The van der Waals surface area contributed by atoms with Crippen LogP contribution in [0, 0.1) is 17.1 Å². The fourth-order valence-corrected chi connectivity index (χ4v) is 5.97. The van der Waals surface area contributed by atoms with E-state index in [1.54, 1.807) is 24.3 Å². The maximum atomic E-state index is 13.2. The summed E-state index contributed by atoms with van der Waals surface area (Å²) in [7, 11) is 0. The summed E-state index contributed by atoms with van der Waals surface area (Å²) in [5.74, 6) is 0.0700. The van der Waals surface area contributed by atoms with Crippen molar-refractivity contribution in [2.75, 3.05) is 0 Å². The van der Waals surface area contributed by atoms with E-state index in [9.17, 15) is 14.4 Å². The number of thioether (sulfide) groups is 1. The quantitative estimate of drug-likeness (QED) is 0.216. The van der Waals surface area contributed by atoms with Gasteiger partial charge in [-0.25, -0.2) is 4.39 Å². The number of nitriles is 1. The number of benzene rings is 3. The predicted octanol–water partition coefficient (Wildman–Crippen LogP) is 7.20. The Morgan fingerprint density at radius 1 is 1.12 bits per heavy atom. The number of rotatable bonds is 6. The van der Waals surface area contributed by atoms with Crippen molar-refractivity contribution in [1.29, 1.82) is 5.26 Å². The van der Waals surface area contributed by atoms with Gasteiger partial charge in [0.05, 0.1) is 32.0 Å². The van der Waals surface area contributed by atoms with Gasteiger partial charge in [-0.1, -0.05) is 54.3 Å². The molecule has 4 nitrogen and oxygen atoms in total. The molecule has 0 aromatic heterocycles. The van der Waals surface area contributed by atoms with Crippen molar-refractivity contribution in [1.82, 2.24) is 4.90 Å². The van der Waals surface area contributed by atoms with Crippen LogP contribution in [-0.2, 0) is 17.9 Å². The van der Waals surface area contributed by atoms with Crippen LogP contribution < -0.4 is 4.74 Å². The fraction of sp³-hybridized carbons (Fsp3) is 0.0800. The maximum absolute atomic E-state index is 13.2. The predicted molar refractivity (Wildman–Crippen MR) is 142 cm³/mol. The van der Waals surface area contributed by atoms with Gasteiger partial charge in [-0.3, -0.25) is 9.69 Å². The van der Waals surface area contributed by atoms with Crippen LogP contribution in [0.2, 0.25) is 0 Å². The molecule has 0 unspecified atom stereocenters. The number of carbonyl (C=O) groups excluding carboxylic acids is 1. The van der Waals surface area contributed by atoms with E-state index in [0.717, 1.165) is 16.7 Å². The largest absolute Gasteiger partial charge is 0.486 e. The number of hydrogen-bond acceptors (Lipinski definition) is 5. The van der Waals surface area contributed by atoms with E-state index in [4.69, 9.17) is 17.0 Å². The van der Waals surface area contributed by atoms with E-state index in [1.807, 2.05) is 30.3 Å². The molecular weight excluding hydrogens is 603 g/mol. The molecule has 3 aromatic rings. The molecule has 1 heterocycles. The van der Waals surface area contributed by atoms with E-state index in [1.165, 1.54) is 28.8 Å². The monoisotopic (exact) mass is 616 g/mol. The van der Waals surface area contributed by atoms with Gasteiger partial charge in [0.1, 0.15) is 22.5 Å². The molecule has 4 rings (SSSR count). The Morgan fingerprint density at radius 2 is 1.79 bits per heavy atom. The normalized spacial score (nSPS) is 14.5. The second kappa shape index (κ2) is 10.8. The van der Waals surface area contributed by atoms with Crippen molar-refractivity contribution in [2.24, 2.45) is 0 Å². The molecule has 34 heavy (non-hydrogen) atoms. The second-order valence-electron chi connectivity index (χ2n) is 7.27. The molecule has 1 fully saturated rings. The molecule has 0 saturated carbocycles. The van der Waals surface area contributed by atoms with Crippen molar-refractivity contribution in [2.45, 2.75) is 13.2 Å². The Morgan fingerprint density at radius 3 is 2.47 bits per heavy atom. The first-order valence-electron chi connectivity index (χ1n) is 9.95. The summed E-state index contributed by atoms with van der Waals surface area (Å²) in [6.07, 6.45) is 1.77. The minimum absolute atomic E-state index is 0.194. The summed E-state index contributed by atoms with van der Waals surface area (Å²) in [5, 5.41) is 9.26. The van der Waals surface area contributed by atoms with Gasteiger partial charge < -0.3 is 4.74 Å². The molecular formula is C25H15Br2FN2O2S2. The van der Waals surface area contributed by atoms with E-state index in [0.29, 0.717) is 29.5 Å². The standard InChI is InChI=1S/C25H15Br2FN2O2S2/c26-20-9-16(10-21(27)23(20)32-14-18-4-2-1-3-17(18)12-29)11-22-24(31)30(25(33)34-22)13-15-5-7-19(28)8-6-15/h1-11H,13-14H2/b22-11-. The number of nitrogens with zero attached hydrogens (tertiary/aromatic N) is 2. The van der Waals surface area contributed by atoms with Gasteiger partial charge in [-0.2, -0.15) is 5.26 Å². The van der Waals surface area contributed by atoms with Crippen LogP contribution in [0.5, 0.6) is 5.75 Å². The van der Waals surface area contributed by atoms with Crippen LogP contribution in [0.15, 0.2) is 74.5 Å². The van der Waals surface area contributed by atoms with Gasteiger partial charge in [-0.05, 0) is 79.4 Å². The lowest BCUT2D eigenvalue weighted by Crippen LogP contribution is -2.27. The topological polar surface area (TPSA) is 53.3 Å². The summed E-state index contributed by atoms with van der Waals surface area (Å²) in [6, 6.07) is 19.1. The lowest BCUT2D eigenvalue weighted by molar-refractivity contribution is -0.122. The van der Waals surface area contributed by atoms with Crippen LogP contribution in [0.3, 0.4) is 0 Å². The minimum Gasteiger partial charge on any atom is -0.486 e. The Balaban J connectivity index is 1.51. The number of carbonyl (C=O) groups is 1. The number of amides is 1. The zero-order chi connectivity index (χ0) is 24.2. The van der Waals surface area contributed by atoms with E-state index >= 15 is 0 Å². The average Bonchev–Trinajstić information content (AvgIpc) is 3.07. The molecule has 1 saturated heterocycles. The molecule has 0 N–H and O–H groups in total. The third-order valence-electron chi connectivity index (χ3n) is 4.96. The van der Waals surface area contributed by atoms with Crippen molar-refractivity contribution in [3.05, 3.63) is 103 Å². The highest BCUT2D eigenvalue weighted by atomic mass is 79.9. The molecule has 0 aliphatic carbocycles. The zero-order valence-corrected chi connectivity index (χ0v) is 22.2. The Labute approximate surface area is 222 Å². The molecule has 0 radical (unpaired) electrons. The Hall–Kier alpha value is -2.51. The summed E-state index contributed by atoms with van der Waals surface area (Å²) in [6.45, 7) is 0.523. The molecule has 9 heteroatoms. The molecule has 3 aromatic carbocycles. The lowest BCUT2D eigenvalue weighted by Gasteiger charge is -2.14. The van der Waals surface area contributed by atoms with Gasteiger partial charge in [0.15, 0.2) is 0 Å². The summed E-state index contributed by atoms with van der Waals surface area (Å²) in [5.41, 5.74) is 2.93. The number of halogens is 3. The maximum Gasteiger partial charge on any atom is 0.266 e. The third-order valence-corrected chi connectivity index (χ3v) is 7.51. The Bertz CT molecular complexity index is 1330. The molecule has 1 aliphatic rings. The highest BCUT2D eigenvalue weighted by Gasteiger charge is 2.32. The molecule has 0 bridgehead atoms. The van der Waals surface area contributed by atoms with Crippen LogP contribution in [0.4, 0.5) is 4.39 Å². The molecule has 0 spiro atoms. The second-order valence-corrected chi connectivity index (χ2v) is 10.7. The van der Waals surface area contributed by atoms with Crippen molar-refractivity contribution < 1.29 is 13.9 Å². The summed E-state index contributed by atoms with van der Waals surface area (Å²) < 4.78 is 21.0. The number of thiocarbonyl (C=S) groups is 1. The fourth-order valence-electron chi connectivity index (χ4n) is 3.27. The van der Waals surface area contributed by atoms with Gasteiger partial charge in [-0.15, -0.1) is 0 Å². The Kier molecular flexibility index (Phi) is 7.84. The highest BCUT2D eigenvalue weighted by molar-refractivity contribution is 9.11. The smallest absolute Gasteiger partial charge is 0.266 e. The first kappa shape index (κ1) is 24.6. The molecule has 170 valence electrons. The minimum atomic E-state index is -0.327. The van der Waals surface area contributed by atoms with Crippen molar-refractivity contribution in [3.63, 3.8) is 0 Å². The zero-order valence-electron chi connectivity index (χ0n) is 17.4. The molecule has 0 atom stereocenters. The lowest BCUT2D eigenvalue weighted by atomic mass is 10.1. The summed E-state index contributed by atoms with van der Waals surface area (Å²) >= 11 is 13.7. The van der Waals surface area contributed by atoms with E-state index in [-0.39, 0.29) is 24.9 Å². The molecule has 1 aliphatic heterocycles. The van der Waals surface area contributed by atoms with Crippen molar-refractivity contribution in [3.8, 4) is 11.8 Å². The third kappa shape index (κ3) is 5.58. The summed E-state index contributed by atoms with van der Waals surface area (Å²) in [4.78, 5) is 15.0. The van der Waals surface area contributed by atoms with Gasteiger partial charge in [0.2, 0.25) is 0 Å². The van der Waals surface area contributed by atoms with Gasteiger partial charge in [0.25, 0.3) is 5.91 Å². The van der Waals surface area contributed by atoms with Crippen molar-refractivity contribution >= 4 is 72.1 Å². The van der Waals surface area contributed by atoms with Crippen LogP contribution in [-0.4, -0.2) is 15.1 Å². The first-order valence-corrected chi connectivity index (χ1v) is 12.8. The van der Waals surface area contributed by atoms with E-state index in [2.05, 4.69) is 37.9 Å². The van der Waals surface area contributed by atoms with E-state index < -0.39 is 0 Å². The first-order chi connectivity index (χ1) is 16.4. The molecule has 1 amide bonds. The number of ether oxygens (including phenoxy) is 1. The SMILES string of the molecule is N#Cc1ccccc1COc1c(Br)cc(/C=C2\SC(=S)N(Cc3ccc(F)cc3)C2=O)cc1Br.